The van der Waals surface area contributed by atoms with Crippen molar-refractivity contribution in [3.8, 4) is 12.3 Å². The van der Waals surface area contributed by atoms with Gasteiger partial charge in [-0.15, -0.1) is 18.2 Å². The monoisotopic (exact) mass is 305 g/mol. The van der Waals surface area contributed by atoms with E-state index in [9.17, 15) is 14.4 Å². The van der Waals surface area contributed by atoms with Crippen molar-refractivity contribution < 1.29 is 19.1 Å². The van der Waals surface area contributed by atoms with Crippen molar-refractivity contribution in [2.24, 2.45) is 0 Å². The van der Waals surface area contributed by atoms with Crippen LogP contribution in [0.15, 0.2) is 29.2 Å². The highest BCUT2D eigenvalue weighted by Crippen LogP contribution is 2.23. The summed E-state index contributed by atoms with van der Waals surface area (Å²) in [4.78, 5) is 34.9. The number of hydrogen-bond donors (Lipinski definition) is 1. The van der Waals surface area contributed by atoms with Crippen molar-refractivity contribution in [3.63, 3.8) is 0 Å². The van der Waals surface area contributed by atoms with E-state index < -0.39 is 18.5 Å². The third-order valence-electron chi connectivity index (χ3n) is 2.26. The number of carbonyl (C=O) groups is 3. The zero-order valence-electron chi connectivity index (χ0n) is 11.5. The van der Waals surface area contributed by atoms with Gasteiger partial charge in [-0.25, -0.2) is 4.79 Å². The zero-order valence-corrected chi connectivity index (χ0v) is 12.4. The fraction of sp³-hybridized carbons (Fsp3) is 0.267. The number of Topliss-reactive ketones (excluding diaryl/α,β-unsaturated/α-hetero) is 1. The van der Waals surface area contributed by atoms with Crippen LogP contribution in [0.5, 0.6) is 0 Å². The molecule has 1 aromatic carbocycles. The zero-order chi connectivity index (χ0) is 15.7. The van der Waals surface area contributed by atoms with Crippen LogP contribution in [-0.4, -0.2) is 36.6 Å². The van der Waals surface area contributed by atoms with Crippen LogP contribution >= 0.6 is 11.8 Å². The number of rotatable bonds is 7. The summed E-state index contributed by atoms with van der Waals surface area (Å²) in [7, 11) is 0. The summed E-state index contributed by atoms with van der Waals surface area (Å²) in [5, 5.41) is 2.39. The summed E-state index contributed by atoms with van der Waals surface area (Å²) in [6.45, 7) is 1.16. The van der Waals surface area contributed by atoms with Gasteiger partial charge >= 0.3 is 5.97 Å². The quantitative estimate of drug-likeness (QED) is 0.467. The average Bonchev–Trinajstić information content (AvgIpc) is 2.48. The average molecular weight is 305 g/mol. The molecule has 1 rings (SSSR count). The summed E-state index contributed by atoms with van der Waals surface area (Å²) >= 11 is 1.25. The van der Waals surface area contributed by atoms with Gasteiger partial charge in [-0.2, -0.15) is 0 Å². The molecule has 5 nitrogen and oxygen atoms in total. The Labute approximate surface area is 127 Å². The first-order chi connectivity index (χ1) is 10.0. The molecule has 0 aliphatic rings. The molecule has 0 aliphatic heterocycles. The summed E-state index contributed by atoms with van der Waals surface area (Å²) in [6, 6.07) is 6.76. The lowest BCUT2D eigenvalue weighted by molar-refractivity contribution is -0.124. The molecule has 0 unspecified atom stereocenters. The first kappa shape index (κ1) is 16.8. The van der Waals surface area contributed by atoms with Crippen molar-refractivity contribution in [2.75, 3.05) is 18.9 Å². The van der Waals surface area contributed by atoms with Crippen LogP contribution in [0.4, 0.5) is 0 Å². The number of benzene rings is 1. The fourth-order valence-corrected chi connectivity index (χ4v) is 2.19. The van der Waals surface area contributed by atoms with Crippen LogP contribution in [0.2, 0.25) is 0 Å². The number of ether oxygens (including phenoxy) is 1. The Kier molecular flexibility index (Phi) is 7.05. The van der Waals surface area contributed by atoms with E-state index in [2.05, 4.69) is 11.2 Å². The molecule has 1 aromatic rings. The van der Waals surface area contributed by atoms with Crippen LogP contribution in [0.1, 0.15) is 17.3 Å². The van der Waals surface area contributed by atoms with E-state index >= 15 is 0 Å². The van der Waals surface area contributed by atoms with Crippen molar-refractivity contribution in [3.05, 3.63) is 29.8 Å². The van der Waals surface area contributed by atoms with Gasteiger partial charge in [0.15, 0.2) is 6.61 Å². The molecule has 0 spiro atoms. The van der Waals surface area contributed by atoms with E-state index in [1.807, 2.05) is 0 Å². The SMILES string of the molecule is C#CCNC(=O)COC(=O)c1ccccc1SCC(C)=O. The fourth-order valence-electron chi connectivity index (χ4n) is 1.35. The van der Waals surface area contributed by atoms with Gasteiger partial charge in [0.1, 0.15) is 5.78 Å². The van der Waals surface area contributed by atoms with Gasteiger partial charge in [-0.3, -0.25) is 9.59 Å². The predicted octanol–water partition coefficient (Wildman–Crippen LogP) is 1.27. The van der Waals surface area contributed by atoms with Crippen LogP contribution in [0.25, 0.3) is 0 Å². The van der Waals surface area contributed by atoms with Gasteiger partial charge in [0, 0.05) is 4.90 Å². The highest BCUT2D eigenvalue weighted by Gasteiger charge is 2.14. The van der Waals surface area contributed by atoms with E-state index in [-0.39, 0.29) is 18.1 Å². The number of ketones is 1. The minimum Gasteiger partial charge on any atom is -0.452 e. The maximum Gasteiger partial charge on any atom is 0.339 e. The Hall–Kier alpha value is -2.26. The molecule has 1 N–H and O–H groups in total. The highest BCUT2D eigenvalue weighted by molar-refractivity contribution is 8.00. The summed E-state index contributed by atoms with van der Waals surface area (Å²) < 4.78 is 4.92. The number of esters is 1. The maximum absolute atomic E-state index is 11.9. The number of carbonyl (C=O) groups excluding carboxylic acids is 3. The minimum atomic E-state index is -0.613. The Morgan fingerprint density at radius 1 is 1.33 bits per heavy atom. The molecule has 0 bridgehead atoms. The first-order valence-electron chi connectivity index (χ1n) is 6.13. The van der Waals surface area contributed by atoms with E-state index in [0.29, 0.717) is 10.5 Å². The standard InChI is InChI=1S/C15H15NO4S/c1-3-8-16-14(18)9-20-15(19)12-6-4-5-7-13(12)21-10-11(2)17/h1,4-7H,8-10H2,2H3,(H,16,18). The molecule has 1 amide bonds. The molecule has 0 saturated heterocycles. The molecule has 0 saturated carbocycles. The molecular weight excluding hydrogens is 290 g/mol. The second-order valence-corrected chi connectivity index (χ2v) is 5.06. The molecule has 110 valence electrons. The van der Waals surface area contributed by atoms with Crippen LogP contribution in [0.3, 0.4) is 0 Å². The molecule has 21 heavy (non-hydrogen) atoms. The predicted molar refractivity (Wildman–Crippen MR) is 80.0 cm³/mol. The maximum atomic E-state index is 11.9. The first-order valence-corrected chi connectivity index (χ1v) is 7.11. The summed E-state index contributed by atoms with van der Waals surface area (Å²) in [5.74, 6) is 1.45. The number of hydrogen-bond acceptors (Lipinski definition) is 5. The Morgan fingerprint density at radius 2 is 2.05 bits per heavy atom. The van der Waals surface area contributed by atoms with Crippen molar-refractivity contribution in [2.45, 2.75) is 11.8 Å². The normalized spacial score (nSPS) is 9.52. The van der Waals surface area contributed by atoms with Crippen LogP contribution in [0, 0.1) is 12.3 Å². The van der Waals surface area contributed by atoms with Gasteiger partial charge < -0.3 is 10.1 Å². The number of nitrogens with one attached hydrogen (secondary N) is 1. The molecular formula is C15H15NO4S. The summed E-state index contributed by atoms with van der Waals surface area (Å²) in [6.07, 6.45) is 5.00. The largest absolute Gasteiger partial charge is 0.452 e. The molecule has 0 radical (unpaired) electrons. The van der Waals surface area contributed by atoms with E-state index in [4.69, 9.17) is 11.2 Å². The highest BCUT2D eigenvalue weighted by atomic mass is 32.2. The second kappa shape index (κ2) is 8.82. The van der Waals surface area contributed by atoms with E-state index in [1.165, 1.54) is 18.7 Å². The van der Waals surface area contributed by atoms with Crippen LogP contribution in [-0.2, 0) is 14.3 Å². The molecule has 0 aromatic heterocycles. The molecule has 0 fully saturated rings. The molecule has 6 heteroatoms. The third-order valence-corrected chi connectivity index (χ3v) is 3.48. The third kappa shape index (κ3) is 6.15. The van der Waals surface area contributed by atoms with E-state index in [1.54, 1.807) is 24.3 Å². The second-order valence-electron chi connectivity index (χ2n) is 4.04. The minimum absolute atomic E-state index is 0.0110. The smallest absolute Gasteiger partial charge is 0.339 e. The Balaban J connectivity index is 2.63. The van der Waals surface area contributed by atoms with Crippen molar-refractivity contribution >= 4 is 29.4 Å². The van der Waals surface area contributed by atoms with Gasteiger partial charge in [-0.1, -0.05) is 18.1 Å². The lowest BCUT2D eigenvalue weighted by Gasteiger charge is -2.08. The summed E-state index contributed by atoms with van der Waals surface area (Å²) in [5.41, 5.74) is 0.327. The molecule has 0 aliphatic carbocycles. The van der Waals surface area contributed by atoms with Gasteiger partial charge in [0.05, 0.1) is 17.9 Å². The molecule has 0 heterocycles. The van der Waals surface area contributed by atoms with Gasteiger partial charge in [-0.05, 0) is 19.1 Å². The Morgan fingerprint density at radius 3 is 2.71 bits per heavy atom. The van der Waals surface area contributed by atoms with Crippen LogP contribution < -0.4 is 5.32 Å². The number of terminal acetylenes is 1. The number of amides is 1. The van der Waals surface area contributed by atoms with Crippen molar-refractivity contribution in [1.82, 2.24) is 5.32 Å². The van der Waals surface area contributed by atoms with Crippen molar-refractivity contribution in [1.29, 1.82) is 0 Å². The van der Waals surface area contributed by atoms with Gasteiger partial charge in [0.25, 0.3) is 5.91 Å². The molecule has 0 atom stereocenters. The Bertz CT molecular complexity index is 577. The lowest BCUT2D eigenvalue weighted by Crippen LogP contribution is -2.29. The lowest BCUT2D eigenvalue weighted by atomic mass is 10.2. The number of thioether (sulfide) groups is 1. The van der Waals surface area contributed by atoms with Gasteiger partial charge in [0.2, 0.25) is 0 Å². The topological polar surface area (TPSA) is 72.5 Å². The van der Waals surface area contributed by atoms with E-state index in [0.717, 1.165) is 0 Å².